The van der Waals surface area contributed by atoms with Gasteiger partial charge < -0.3 is 4.74 Å². The Morgan fingerprint density at radius 1 is 1.64 bits per heavy atom. The monoisotopic (exact) mass is 222 g/mol. The topological polar surface area (TPSA) is 80.7 Å². The van der Waals surface area contributed by atoms with Crippen molar-refractivity contribution in [2.45, 2.75) is 31.4 Å². The van der Waals surface area contributed by atoms with Gasteiger partial charge in [0.2, 0.25) is 0 Å². The van der Waals surface area contributed by atoms with Gasteiger partial charge in [-0.3, -0.25) is 9.35 Å². The van der Waals surface area contributed by atoms with E-state index in [0.29, 0.717) is 6.42 Å². The van der Waals surface area contributed by atoms with E-state index in [0.717, 1.165) is 6.26 Å². The highest BCUT2D eigenvalue weighted by Gasteiger charge is 2.25. The van der Waals surface area contributed by atoms with Gasteiger partial charge in [-0.1, -0.05) is 19.9 Å². The summed E-state index contributed by atoms with van der Waals surface area (Å²) in [7, 11) is -4.18. The number of hydrogen-bond donors (Lipinski definition) is 1. The fourth-order valence-electron chi connectivity index (χ4n) is 1.01. The third-order valence-electron chi connectivity index (χ3n) is 1.64. The summed E-state index contributed by atoms with van der Waals surface area (Å²) in [6.45, 7) is 4.92. The van der Waals surface area contributed by atoms with E-state index < -0.39 is 21.3 Å². The van der Waals surface area contributed by atoms with E-state index in [2.05, 4.69) is 11.3 Å². The van der Waals surface area contributed by atoms with Gasteiger partial charge in [0.05, 0.1) is 17.9 Å². The van der Waals surface area contributed by atoms with Gasteiger partial charge in [-0.05, 0) is 6.42 Å². The fraction of sp³-hybridized carbons (Fsp3) is 0.625. The van der Waals surface area contributed by atoms with Gasteiger partial charge in [0.1, 0.15) is 0 Å². The molecular formula is C8H14O5S. The van der Waals surface area contributed by atoms with E-state index >= 15 is 0 Å². The van der Waals surface area contributed by atoms with Crippen LogP contribution in [-0.2, 0) is 19.6 Å². The molecule has 6 heteroatoms. The van der Waals surface area contributed by atoms with Gasteiger partial charge in [-0.15, -0.1) is 0 Å². The summed E-state index contributed by atoms with van der Waals surface area (Å²) >= 11 is 0. The van der Waals surface area contributed by atoms with Crippen LogP contribution in [0.25, 0.3) is 0 Å². The smallest absolute Gasteiger partial charge is 0.311 e. The Kier molecular flexibility index (Phi) is 5.40. The van der Waals surface area contributed by atoms with Crippen LogP contribution >= 0.6 is 0 Å². The molecule has 0 aromatic rings. The summed E-state index contributed by atoms with van der Waals surface area (Å²) in [5.41, 5.74) is 0. The lowest BCUT2D eigenvalue weighted by Crippen LogP contribution is -2.24. The Morgan fingerprint density at radius 3 is 2.57 bits per heavy atom. The van der Waals surface area contributed by atoms with Crippen molar-refractivity contribution < 1.29 is 22.5 Å². The molecule has 0 rings (SSSR count). The molecule has 1 N–H and O–H groups in total. The lowest BCUT2D eigenvalue weighted by molar-refractivity contribution is -0.138. The quantitative estimate of drug-likeness (QED) is 0.414. The molecule has 5 nitrogen and oxygen atoms in total. The molecule has 0 bridgehead atoms. The van der Waals surface area contributed by atoms with Gasteiger partial charge in [0, 0.05) is 0 Å². The molecule has 1 unspecified atom stereocenters. The summed E-state index contributed by atoms with van der Waals surface area (Å²) in [6, 6.07) is 0. The van der Waals surface area contributed by atoms with E-state index in [4.69, 9.17) is 4.55 Å². The number of rotatable bonds is 6. The van der Waals surface area contributed by atoms with Crippen LogP contribution in [0.2, 0.25) is 0 Å². The molecule has 0 heterocycles. The standard InChI is InChI=1S/C8H14O5S/c1-3-5-7(14(10,11)12)6-8(9)13-4-2/h4,7H,2-3,5-6H2,1H3,(H,10,11,12). The average Bonchev–Trinajstić information content (AvgIpc) is 2.02. The van der Waals surface area contributed by atoms with Crippen LogP contribution in [0, 0.1) is 0 Å². The molecule has 0 saturated heterocycles. The van der Waals surface area contributed by atoms with E-state index in [1.54, 1.807) is 6.92 Å². The minimum atomic E-state index is -4.18. The molecule has 0 aromatic carbocycles. The maximum absolute atomic E-state index is 10.9. The van der Waals surface area contributed by atoms with Crippen molar-refractivity contribution in [3.8, 4) is 0 Å². The molecule has 0 spiro atoms. The molecular weight excluding hydrogens is 208 g/mol. The highest BCUT2D eigenvalue weighted by molar-refractivity contribution is 7.86. The second-order valence-corrected chi connectivity index (χ2v) is 4.48. The first-order valence-electron chi connectivity index (χ1n) is 4.18. The molecule has 0 aliphatic rings. The first-order valence-corrected chi connectivity index (χ1v) is 5.68. The van der Waals surface area contributed by atoms with Crippen LogP contribution in [0.15, 0.2) is 12.8 Å². The van der Waals surface area contributed by atoms with E-state index in [1.807, 2.05) is 0 Å². The molecule has 0 aromatic heterocycles. The third-order valence-corrected chi connectivity index (χ3v) is 2.89. The predicted molar refractivity (Wildman–Crippen MR) is 51.2 cm³/mol. The van der Waals surface area contributed by atoms with Crippen molar-refractivity contribution in [2.24, 2.45) is 0 Å². The van der Waals surface area contributed by atoms with Crippen LogP contribution in [0.3, 0.4) is 0 Å². The van der Waals surface area contributed by atoms with Gasteiger partial charge in [-0.25, -0.2) is 0 Å². The van der Waals surface area contributed by atoms with Crippen molar-refractivity contribution in [2.75, 3.05) is 0 Å². The van der Waals surface area contributed by atoms with Crippen LogP contribution in [0.4, 0.5) is 0 Å². The Morgan fingerprint density at radius 2 is 2.21 bits per heavy atom. The Balaban J connectivity index is 4.38. The zero-order valence-electron chi connectivity index (χ0n) is 7.97. The predicted octanol–water partition coefficient (Wildman–Crippen LogP) is 1.12. The number of esters is 1. The van der Waals surface area contributed by atoms with Gasteiger partial charge in [0.25, 0.3) is 10.1 Å². The van der Waals surface area contributed by atoms with Crippen LogP contribution in [0.1, 0.15) is 26.2 Å². The first kappa shape index (κ1) is 13.1. The zero-order valence-corrected chi connectivity index (χ0v) is 8.79. The molecule has 14 heavy (non-hydrogen) atoms. The Bertz CT molecular complexity index is 293. The number of carbonyl (C=O) groups is 1. The van der Waals surface area contributed by atoms with Crippen molar-refractivity contribution in [1.82, 2.24) is 0 Å². The van der Waals surface area contributed by atoms with E-state index in [9.17, 15) is 13.2 Å². The van der Waals surface area contributed by atoms with Crippen LogP contribution in [-0.4, -0.2) is 24.2 Å². The fourth-order valence-corrected chi connectivity index (χ4v) is 1.89. The van der Waals surface area contributed by atoms with Crippen LogP contribution < -0.4 is 0 Å². The number of ether oxygens (including phenoxy) is 1. The molecule has 0 aliphatic carbocycles. The molecule has 0 saturated carbocycles. The highest BCUT2D eigenvalue weighted by atomic mass is 32.2. The maximum Gasteiger partial charge on any atom is 0.311 e. The minimum Gasteiger partial charge on any atom is -0.435 e. The summed E-state index contributed by atoms with van der Waals surface area (Å²) in [6.07, 6.45) is 1.37. The van der Waals surface area contributed by atoms with Crippen molar-refractivity contribution in [1.29, 1.82) is 0 Å². The average molecular weight is 222 g/mol. The molecule has 0 aliphatic heterocycles. The lowest BCUT2D eigenvalue weighted by atomic mass is 10.2. The van der Waals surface area contributed by atoms with E-state index in [1.165, 1.54) is 0 Å². The van der Waals surface area contributed by atoms with Gasteiger partial charge >= 0.3 is 5.97 Å². The van der Waals surface area contributed by atoms with E-state index in [-0.39, 0.29) is 12.8 Å². The molecule has 82 valence electrons. The molecule has 0 fully saturated rings. The summed E-state index contributed by atoms with van der Waals surface area (Å²) in [5, 5.41) is -1.08. The largest absolute Gasteiger partial charge is 0.435 e. The van der Waals surface area contributed by atoms with Crippen molar-refractivity contribution in [3.63, 3.8) is 0 Å². The molecule has 1 atom stereocenters. The Labute approximate surface area is 83.5 Å². The second kappa shape index (κ2) is 5.77. The summed E-state index contributed by atoms with van der Waals surface area (Å²) < 4.78 is 34.7. The normalized spacial score (nSPS) is 13.3. The lowest BCUT2D eigenvalue weighted by Gasteiger charge is -2.10. The van der Waals surface area contributed by atoms with Crippen LogP contribution in [0.5, 0.6) is 0 Å². The summed E-state index contributed by atoms with van der Waals surface area (Å²) in [5.74, 6) is -0.712. The maximum atomic E-state index is 10.9. The minimum absolute atomic E-state index is 0.227. The Hall–Kier alpha value is -0.880. The zero-order chi connectivity index (χ0) is 11.2. The molecule has 0 amide bonds. The highest BCUT2D eigenvalue weighted by Crippen LogP contribution is 2.12. The second-order valence-electron chi connectivity index (χ2n) is 2.79. The SMILES string of the molecule is C=COC(=O)CC(CCC)S(=O)(=O)O. The first-order chi connectivity index (χ1) is 6.41. The van der Waals surface area contributed by atoms with Gasteiger partial charge in [0.15, 0.2) is 0 Å². The van der Waals surface area contributed by atoms with Gasteiger partial charge in [-0.2, -0.15) is 8.42 Å². The van der Waals surface area contributed by atoms with Crippen molar-refractivity contribution in [3.05, 3.63) is 12.8 Å². The summed E-state index contributed by atoms with van der Waals surface area (Å²) in [4.78, 5) is 10.9. The molecule has 0 radical (unpaired) electrons. The van der Waals surface area contributed by atoms with Crippen molar-refractivity contribution >= 4 is 16.1 Å². The number of hydrogen-bond acceptors (Lipinski definition) is 4. The number of carbonyl (C=O) groups excluding carboxylic acids is 1. The third kappa shape index (κ3) is 4.98.